The quantitative estimate of drug-likeness (QED) is 0.304. The average Bonchev–Trinajstić information content (AvgIpc) is 2.60. The molecule has 0 aliphatic rings. The van der Waals surface area contributed by atoms with Crippen molar-refractivity contribution in [3.8, 4) is 11.5 Å². The molecule has 1 aromatic heterocycles. The van der Waals surface area contributed by atoms with Crippen molar-refractivity contribution in [2.75, 3.05) is 7.11 Å². The van der Waals surface area contributed by atoms with E-state index in [1.54, 1.807) is 36.4 Å². The highest BCUT2D eigenvalue weighted by molar-refractivity contribution is 6.17. The van der Waals surface area contributed by atoms with Crippen LogP contribution in [0.25, 0.3) is 11.0 Å². The molecule has 2 aromatic carbocycles. The van der Waals surface area contributed by atoms with Crippen LogP contribution in [0.5, 0.6) is 11.5 Å². The predicted octanol–water partition coefficient (Wildman–Crippen LogP) is 4.07. The van der Waals surface area contributed by atoms with E-state index in [0.29, 0.717) is 22.6 Å². The Kier molecular flexibility index (Phi) is 4.76. The lowest BCUT2D eigenvalue weighted by molar-refractivity contribution is 0.0730. The molecule has 0 aliphatic carbocycles. The largest absolute Gasteiger partial charge is 0.497 e. The third-order valence-corrected chi connectivity index (χ3v) is 3.95. The Morgan fingerprint density at radius 3 is 2.60 bits per heavy atom. The normalized spacial score (nSPS) is 10.7. The van der Waals surface area contributed by atoms with Gasteiger partial charge >= 0.3 is 11.6 Å². The fourth-order valence-electron chi connectivity index (χ4n) is 2.45. The first kappa shape index (κ1) is 17.0. The zero-order chi connectivity index (χ0) is 18.0. The lowest BCUT2D eigenvalue weighted by atomic mass is 10.1. The summed E-state index contributed by atoms with van der Waals surface area (Å²) in [5.41, 5.74) is 1.16. The van der Waals surface area contributed by atoms with Crippen LogP contribution in [0.3, 0.4) is 0 Å². The molecule has 0 N–H and O–H groups in total. The van der Waals surface area contributed by atoms with E-state index >= 15 is 0 Å². The van der Waals surface area contributed by atoms with E-state index in [9.17, 15) is 9.59 Å². The molecule has 0 saturated carbocycles. The van der Waals surface area contributed by atoms with Crippen LogP contribution < -0.4 is 15.1 Å². The second kappa shape index (κ2) is 6.99. The van der Waals surface area contributed by atoms with Gasteiger partial charge in [0.2, 0.25) is 0 Å². The van der Waals surface area contributed by atoms with Crippen LogP contribution in [-0.4, -0.2) is 13.1 Å². The van der Waals surface area contributed by atoms with Crippen LogP contribution in [-0.2, 0) is 5.88 Å². The molecule has 128 valence electrons. The van der Waals surface area contributed by atoms with Crippen molar-refractivity contribution in [3.63, 3.8) is 0 Å². The van der Waals surface area contributed by atoms with Crippen LogP contribution in [0.1, 0.15) is 21.5 Å². The molecule has 0 radical (unpaired) electrons. The topological polar surface area (TPSA) is 65.7 Å². The lowest BCUT2D eigenvalue weighted by Crippen LogP contribution is -2.18. The van der Waals surface area contributed by atoms with Gasteiger partial charge < -0.3 is 13.9 Å². The molecule has 0 aliphatic heterocycles. The number of carbonyl (C=O) groups is 1. The van der Waals surface area contributed by atoms with Crippen molar-refractivity contribution in [1.82, 2.24) is 0 Å². The van der Waals surface area contributed by atoms with Gasteiger partial charge in [-0.15, -0.1) is 11.6 Å². The number of halogens is 1. The van der Waals surface area contributed by atoms with Gasteiger partial charge in [0.05, 0.1) is 7.11 Å². The van der Waals surface area contributed by atoms with Gasteiger partial charge in [0.15, 0.2) is 0 Å². The Labute approximate surface area is 148 Å². The number of esters is 1. The van der Waals surface area contributed by atoms with E-state index in [1.807, 2.05) is 6.92 Å². The third kappa shape index (κ3) is 3.67. The fraction of sp³-hybridized carbons (Fsp3) is 0.158. The Bertz CT molecular complexity index is 1010. The number of benzene rings is 2. The molecule has 3 rings (SSSR count). The maximum absolute atomic E-state index is 12.4. The van der Waals surface area contributed by atoms with Crippen molar-refractivity contribution in [2.45, 2.75) is 12.8 Å². The van der Waals surface area contributed by atoms with Crippen LogP contribution in [0.15, 0.2) is 51.7 Å². The van der Waals surface area contributed by atoms with Crippen molar-refractivity contribution < 1.29 is 18.7 Å². The number of alkyl halides is 1. The maximum Gasteiger partial charge on any atom is 0.351 e. The number of methoxy groups -OCH3 is 1. The number of carbonyl (C=O) groups excluding carboxylic acids is 1. The molecule has 0 amide bonds. The van der Waals surface area contributed by atoms with Gasteiger partial charge in [0.25, 0.3) is 0 Å². The Hall–Kier alpha value is -2.79. The molecule has 0 saturated heterocycles. The van der Waals surface area contributed by atoms with E-state index in [1.165, 1.54) is 13.2 Å². The van der Waals surface area contributed by atoms with Gasteiger partial charge in [-0.25, -0.2) is 9.59 Å². The smallest absolute Gasteiger partial charge is 0.351 e. The fourth-order valence-corrected chi connectivity index (χ4v) is 2.62. The minimum Gasteiger partial charge on any atom is -0.497 e. The second-order valence-electron chi connectivity index (χ2n) is 5.53. The summed E-state index contributed by atoms with van der Waals surface area (Å²) in [4.78, 5) is 24.5. The first-order valence-electron chi connectivity index (χ1n) is 7.51. The molecule has 3 aromatic rings. The van der Waals surface area contributed by atoms with E-state index in [-0.39, 0.29) is 11.3 Å². The number of rotatable bonds is 4. The molecule has 25 heavy (non-hydrogen) atoms. The van der Waals surface area contributed by atoms with Crippen LogP contribution >= 0.6 is 11.6 Å². The number of ether oxygens (including phenoxy) is 2. The van der Waals surface area contributed by atoms with E-state index in [4.69, 9.17) is 25.5 Å². The van der Waals surface area contributed by atoms with Gasteiger partial charge in [0.1, 0.15) is 22.6 Å². The highest BCUT2D eigenvalue weighted by Crippen LogP contribution is 2.23. The zero-order valence-corrected chi connectivity index (χ0v) is 14.4. The summed E-state index contributed by atoms with van der Waals surface area (Å²) in [7, 11) is 1.52. The summed E-state index contributed by atoms with van der Waals surface area (Å²) in [6.07, 6.45) is 0. The van der Waals surface area contributed by atoms with E-state index < -0.39 is 11.6 Å². The second-order valence-corrected chi connectivity index (χ2v) is 5.80. The molecule has 6 heteroatoms. The third-order valence-electron chi connectivity index (χ3n) is 3.64. The molecular formula is C19H15ClO5. The van der Waals surface area contributed by atoms with Crippen molar-refractivity contribution in [2.24, 2.45) is 0 Å². The van der Waals surface area contributed by atoms with Crippen LogP contribution in [0, 0.1) is 6.92 Å². The molecule has 0 unspecified atom stereocenters. The SMILES string of the molecule is COc1cc(C)cc(OC(=O)c2cc3cc(CCl)ccc3oc2=O)c1. The maximum atomic E-state index is 12.4. The highest BCUT2D eigenvalue weighted by Gasteiger charge is 2.17. The van der Waals surface area contributed by atoms with Crippen molar-refractivity contribution >= 4 is 28.5 Å². The highest BCUT2D eigenvalue weighted by atomic mass is 35.5. The minimum atomic E-state index is -0.792. The summed E-state index contributed by atoms with van der Waals surface area (Å²) >= 11 is 5.82. The van der Waals surface area contributed by atoms with Gasteiger partial charge in [-0.2, -0.15) is 0 Å². The monoisotopic (exact) mass is 358 g/mol. The van der Waals surface area contributed by atoms with E-state index in [0.717, 1.165) is 11.1 Å². The van der Waals surface area contributed by atoms with Crippen molar-refractivity contribution in [1.29, 1.82) is 0 Å². The molecule has 0 bridgehead atoms. The molecule has 0 spiro atoms. The molecule has 5 nitrogen and oxygen atoms in total. The molecule has 0 fully saturated rings. The summed E-state index contributed by atoms with van der Waals surface area (Å²) < 4.78 is 15.6. The first-order valence-corrected chi connectivity index (χ1v) is 8.04. The van der Waals surface area contributed by atoms with Gasteiger partial charge in [-0.3, -0.25) is 0 Å². The predicted molar refractivity (Wildman–Crippen MR) is 94.7 cm³/mol. The molecule has 0 atom stereocenters. The summed E-state index contributed by atoms with van der Waals surface area (Å²) in [5, 5.41) is 0.603. The summed E-state index contributed by atoms with van der Waals surface area (Å²) in [6, 6.07) is 11.7. The first-order chi connectivity index (χ1) is 12.0. The van der Waals surface area contributed by atoms with Crippen molar-refractivity contribution in [3.05, 3.63) is 69.6 Å². The number of hydrogen-bond acceptors (Lipinski definition) is 5. The number of hydrogen-bond donors (Lipinski definition) is 0. The lowest BCUT2D eigenvalue weighted by Gasteiger charge is -2.08. The summed E-state index contributed by atoms with van der Waals surface area (Å²) in [6.45, 7) is 1.85. The molecular weight excluding hydrogens is 344 g/mol. The standard InChI is InChI=1S/C19H15ClO5/c1-11-5-14(23-2)9-15(6-11)24-18(21)16-8-13-7-12(10-20)3-4-17(13)25-19(16)22/h3-9H,10H2,1-2H3. The van der Waals surface area contributed by atoms with Crippen LogP contribution in [0.4, 0.5) is 0 Å². The zero-order valence-electron chi connectivity index (χ0n) is 13.7. The Balaban J connectivity index is 1.97. The van der Waals surface area contributed by atoms with Gasteiger partial charge in [-0.05, 0) is 48.4 Å². The minimum absolute atomic E-state index is 0.181. The van der Waals surface area contributed by atoms with Gasteiger partial charge in [-0.1, -0.05) is 6.07 Å². The van der Waals surface area contributed by atoms with Crippen LogP contribution in [0.2, 0.25) is 0 Å². The average molecular weight is 359 g/mol. The van der Waals surface area contributed by atoms with E-state index in [2.05, 4.69) is 0 Å². The molecule has 1 heterocycles. The Morgan fingerprint density at radius 1 is 1.12 bits per heavy atom. The number of aryl methyl sites for hydroxylation is 1. The Morgan fingerprint density at radius 2 is 1.88 bits per heavy atom. The summed E-state index contributed by atoms with van der Waals surface area (Å²) in [5.74, 6) is 0.369. The number of fused-ring (bicyclic) bond motifs is 1. The van der Waals surface area contributed by atoms with Gasteiger partial charge in [0, 0.05) is 17.3 Å².